The van der Waals surface area contributed by atoms with Crippen molar-refractivity contribution in [3.05, 3.63) is 64.7 Å². The van der Waals surface area contributed by atoms with Crippen LogP contribution in [0.4, 0.5) is 0 Å². The number of aryl methyl sites for hydroxylation is 2. The number of benzene rings is 2. The summed E-state index contributed by atoms with van der Waals surface area (Å²) in [5.41, 5.74) is 5.47. The van der Waals surface area contributed by atoms with E-state index >= 15 is 0 Å². The molecule has 1 aliphatic carbocycles. The van der Waals surface area contributed by atoms with Crippen molar-refractivity contribution in [1.82, 2.24) is 0 Å². The molecule has 0 N–H and O–H groups in total. The van der Waals surface area contributed by atoms with Crippen LogP contribution in [0.5, 0.6) is 5.75 Å². The van der Waals surface area contributed by atoms with Crippen molar-refractivity contribution in [3.8, 4) is 5.75 Å². The Morgan fingerprint density at radius 1 is 1.00 bits per heavy atom. The lowest BCUT2D eigenvalue weighted by Crippen LogP contribution is -2.14. The molecule has 2 aromatic rings. The molecule has 1 aliphatic rings. The van der Waals surface area contributed by atoms with E-state index in [1.54, 1.807) is 6.92 Å². The smallest absolute Gasteiger partial charge is 0.344 e. The molecular formula is C19H20O3. The van der Waals surface area contributed by atoms with E-state index in [1.807, 2.05) is 6.07 Å². The molecule has 0 radical (unpaired) electrons. The number of hydrogen-bond acceptors (Lipinski definition) is 3. The molecule has 22 heavy (non-hydrogen) atoms. The Morgan fingerprint density at radius 2 is 1.73 bits per heavy atom. The molecule has 0 fully saturated rings. The van der Waals surface area contributed by atoms with E-state index in [2.05, 4.69) is 36.4 Å². The molecule has 0 aliphatic heterocycles. The van der Waals surface area contributed by atoms with Crippen LogP contribution >= 0.6 is 0 Å². The summed E-state index contributed by atoms with van der Waals surface area (Å²) in [6.45, 7) is 2.13. The number of hydrogen-bond donors (Lipinski definition) is 0. The summed E-state index contributed by atoms with van der Waals surface area (Å²) in [5.74, 6) is 0.405. The fourth-order valence-electron chi connectivity index (χ4n) is 2.89. The average Bonchev–Trinajstić information content (AvgIpc) is 2.72. The second-order valence-corrected chi connectivity index (χ2v) is 5.47. The Hall–Kier alpha value is -2.29. The first-order chi connectivity index (χ1) is 10.8. The van der Waals surface area contributed by atoms with Gasteiger partial charge in [0.05, 0.1) is 6.61 Å². The molecule has 3 rings (SSSR count). The lowest BCUT2D eigenvalue weighted by molar-refractivity contribution is -0.145. The van der Waals surface area contributed by atoms with Crippen LogP contribution in [0.3, 0.4) is 0 Å². The molecule has 2 aromatic carbocycles. The summed E-state index contributed by atoms with van der Waals surface area (Å²) in [5, 5.41) is 0. The number of fused-ring (bicyclic) bond motifs is 2. The minimum absolute atomic E-state index is 0.0349. The standard InChI is InChI=1S/C19H20O3/c1-2-21-19(20)13-22-18-10-9-16-11-15-6-4-3-5-14(15)7-8-17(16)12-18/h3-6,9-10,12H,2,7-8,11,13H2,1H3. The van der Waals surface area contributed by atoms with Crippen molar-refractivity contribution in [2.24, 2.45) is 0 Å². The molecule has 114 valence electrons. The first-order valence-electron chi connectivity index (χ1n) is 7.73. The average molecular weight is 296 g/mol. The summed E-state index contributed by atoms with van der Waals surface area (Å²) >= 11 is 0. The van der Waals surface area contributed by atoms with Crippen molar-refractivity contribution in [2.45, 2.75) is 26.2 Å². The van der Waals surface area contributed by atoms with Crippen LogP contribution in [0.1, 0.15) is 29.2 Å². The van der Waals surface area contributed by atoms with Gasteiger partial charge in [-0.05, 0) is 60.6 Å². The SMILES string of the molecule is CCOC(=O)COc1ccc2c(c1)CCc1ccccc1C2. The summed E-state index contributed by atoms with van der Waals surface area (Å²) in [7, 11) is 0. The number of esters is 1. The highest BCUT2D eigenvalue weighted by Crippen LogP contribution is 2.27. The highest BCUT2D eigenvalue weighted by molar-refractivity contribution is 5.71. The Kier molecular flexibility index (Phi) is 4.42. The normalized spacial score (nSPS) is 12.8. The number of carbonyl (C=O) groups is 1. The largest absolute Gasteiger partial charge is 0.482 e. The highest BCUT2D eigenvalue weighted by atomic mass is 16.6. The first kappa shape index (κ1) is 14.6. The zero-order valence-corrected chi connectivity index (χ0v) is 12.8. The van der Waals surface area contributed by atoms with Crippen molar-refractivity contribution in [2.75, 3.05) is 13.2 Å². The van der Waals surface area contributed by atoms with Gasteiger partial charge in [0, 0.05) is 0 Å². The number of carbonyl (C=O) groups excluding carboxylic acids is 1. The molecule has 0 atom stereocenters. The van der Waals surface area contributed by atoms with Crippen molar-refractivity contribution in [3.63, 3.8) is 0 Å². The minimum Gasteiger partial charge on any atom is -0.482 e. The second kappa shape index (κ2) is 6.65. The number of ether oxygens (including phenoxy) is 2. The summed E-state index contributed by atoms with van der Waals surface area (Å²) in [6, 6.07) is 14.7. The fourth-order valence-corrected chi connectivity index (χ4v) is 2.89. The third kappa shape index (κ3) is 3.30. The summed E-state index contributed by atoms with van der Waals surface area (Å²) < 4.78 is 10.4. The predicted octanol–water partition coefficient (Wildman–Crippen LogP) is 3.32. The van der Waals surface area contributed by atoms with E-state index < -0.39 is 0 Å². The molecule has 0 spiro atoms. The van der Waals surface area contributed by atoms with E-state index in [-0.39, 0.29) is 12.6 Å². The van der Waals surface area contributed by atoms with Gasteiger partial charge in [0.2, 0.25) is 0 Å². The maximum atomic E-state index is 11.4. The van der Waals surface area contributed by atoms with Gasteiger partial charge in [0.25, 0.3) is 0 Å². The van der Waals surface area contributed by atoms with Crippen LogP contribution < -0.4 is 4.74 Å². The van der Waals surface area contributed by atoms with E-state index in [4.69, 9.17) is 9.47 Å². The zero-order chi connectivity index (χ0) is 15.4. The van der Waals surface area contributed by atoms with Crippen molar-refractivity contribution >= 4 is 5.97 Å². The summed E-state index contributed by atoms with van der Waals surface area (Å²) in [6.07, 6.45) is 3.01. The van der Waals surface area contributed by atoms with Gasteiger partial charge in [-0.15, -0.1) is 0 Å². The Morgan fingerprint density at radius 3 is 2.55 bits per heavy atom. The molecule has 0 amide bonds. The predicted molar refractivity (Wildman–Crippen MR) is 85.2 cm³/mol. The fraction of sp³-hybridized carbons (Fsp3) is 0.316. The third-order valence-corrected chi connectivity index (χ3v) is 4.00. The topological polar surface area (TPSA) is 35.5 Å². The molecule has 0 saturated carbocycles. The van der Waals surface area contributed by atoms with Gasteiger partial charge in [-0.3, -0.25) is 0 Å². The zero-order valence-electron chi connectivity index (χ0n) is 12.8. The molecule has 3 nitrogen and oxygen atoms in total. The molecule has 0 bridgehead atoms. The van der Waals surface area contributed by atoms with E-state index in [9.17, 15) is 4.79 Å². The highest BCUT2D eigenvalue weighted by Gasteiger charge is 2.14. The molecule has 0 saturated heterocycles. The van der Waals surface area contributed by atoms with Crippen LogP contribution in [-0.4, -0.2) is 19.2 Å². The molecule has 3 heteroatoms. The maximum absolute atomic E-state index is 11.4. The Balaban J connectivity index is 1.74. The third-order valence-electron chi connectivity index (χ3n) is 4.00. The number of rotatable bonds is 4. The van der Waals surface area contributed by atoms with E-state index in [1.165, 1.54) is 22.3 Å². The van der Waals surface area contributed by atoms with Gasteiger partial charge in [-0.2, -0.15) is 0 Å². The first-order valence-corrected chi connectivity index (χ1v) is 7.73. The van der Waals surface area contributed by atoms with Crippen molar-refractivity contribution < 1.29 is 14.3 Å². The Bertz CT molecular complexity index is 676. The summed E-state index contributed by atoms with van der Waals surface area (Å²) in [4.78, 5) is 11.4. The molecular weight excluding hydrogens is 276 g/mol. The monoisotopic (exact) mass is 296 g/mol. The lowest BCUT2D eigenvalue weighted by atomic mass is 10.0. The van der Waals surface area contributed by atoms with Crippen LogP contribution in [0.2, 0.25) is 0 Å². The van der Waals surface area contributed by atoms with Gasteiger partial charge < -0.3 is 9.47 Å². The van der Waals surface area contributed by atoms with Gasteiger partial charge in [-0.1, -0.05) is 30.3 Å². The van der Waals surface area contributed by atoms with Gasteiger partial charge >= 0.3 is 5.97 Å². The quantitative estimate of drug-likeness (QED) is 0.812. The molecule has 0 heterocycles. The molecule has 0 unspecified atom stereocenters. The van der Waals surface area contributed by atoms with Gasteiger partial charge in [0.1, 0.15) is 5.75 Å². The van der Waals surface area contributed by atoms with Crippen LogP contribution in [0, 0.1) is 0 Å². The van der Waals surface area contributed by atoms with Crippen molar-refractivity contribution in [1.29, 1.82) is 0 Å². The molecule has 0 aromatic heterocycles. The van der Waals surface area contributed by atoms with Crippen LogP contribution in [0.15, 0.2) is 42.5 Å². The van der Waals surface area contributed by atoms with E-state index in [0.717, 1.165) is 25.0 Å². The Labute approximate surface area is 130 Å². The van der Waals surface area contributed by atoms with Crippen LogP contribution in [0.25, 0.3) is 0 Å². The van der Waals surface area contributed by atoms with E-state index in [0.29, 0.717) is 6.61 Å². The van der Waals surface area contributed by atoms with Gasteiger partial charge in [-0.25, -0.2) is 4.79 Å². The minimum atomic E-state index is -0.329. The van der Waals surface area contributed by atoms with Gasteiger partial charge in [0.15, 0.2) is 6.61 Å². The maximum Gasteiger partial charge on any atom is 0.344 e. The van der Waals surface area contributed by atoms with Crippen LogP contribution in [-0.2, 0) is 28.8 Å². The second-order valence-electron chi connectivity index (χ2n) is 5.47. The lowest BCUT2D eigenvalue weighted by Gasteiger charge is -2.10.